The van der Waals surface area contributed by atoms with E-state index in [4.69, 9.17) is 0 Å². The van der Waals surface area contributed by atoms with Gasteiger partial charge in [-0.1, -0.05) is 6.07 Å². The van der Waals surface area contributed by atoms with Crippen LogP contribution in [-0.2, 0) is 18.0 Å². The third-order valence-electron chi connectivity index (χ3n) is 3.09. The number of benzene rings is 1. The summed E-state index contributed by atoms with van der Waals surface area (Å²) in [5.41, 5.74) is 3.19. The summed E-state index contributed by atoms with van der Waals surface area (Å²) >= 11 is 0. The minimum absolute atomic E-state index is 0.0411. The van der Waals surface area contributed by atoms with Crippen molar-refractivity contribution in [3.05, 3.63) is 30.1 Å². The molecule has 104 valence electrons. The highest BCUT2D eigenvalue weighted by atomic mass is 32.2. The topological polar surface area (TPSA) is 46.9 Å². The van der Waals surface area contributed by atoms with Gasteiger partial charge in [0.05, 0.1) is 33.1 Å². The number of imidazole rings is 1. The lowest BCUT2D eigenvalue weighted by atomic mass is 10.1. The minimum atomic E-state index is -1.07. The molecule has 1 heterocycles. The van der Waals surface area contributed by atoms with Crippen LogP contribution in [0.1, 0.15) is 39.3 Å². The lowest BCUT2D eigenvalue weighted by Crippen LogP contribution is -2.34. The van der Waals surface area contributed by atoms with E-state index in [-0.39, 0.29) is 10.8 Å². The molecule has 0 radical (unpaired) electrons. The van der Waals surface area contributed by atoms with Crippen LogP contribution in [0.25, 0.3) is 11.0 Å². The maximum absolute atomic E-state index is 12.1. The van der Waals surface area contributed by atoms with Crippen LogP contribution in [-0.4, -0.2) is 18.5 Å². The van der Waals surface area contributed by atoms with Crippen molar-refractivity contribution in [2.24, 2.45) is 7.05 Å². The first-order chi connectivity index (χ1) is 8.79. The summed E-state index contributed by atoms with van der Waals surface area (Å²) < 4.78 is 17.0. The molecule has 0 fully saturated rings. The Kier molecular flexibility index (Phi) is 3.78. The zero-order valence-electron chi connectivity index (χ0n) is 12.1. The Bertz CT molecular complexity index is 613. The molecule has 1 aromatic heterocycles. The Balaban J connectivity index is 2.24. The molecule has 0 aliphatic heterocycles. The Morgan fingerprint density at radius 3 is 2.68 bits per heavy atom. The van der Waals surface area contributed by atoms with Gasteiger partial charge in [-0.25, -0.2) is 13.9 Å². The summed E-state index contributed by atoms with van der Waals surface area (Å²) in [6.07, 6.45) is 1.81. The smallest absolute Gasteiger partial charge is 0.0975 e. The SMILES string of the molecule is C[C@H](N[S@@](=O)C(C)(C)C)c1ccc2ncn(C)c2c1. The van der Waals surface area contributed by atoms with Gasteiger partial charge in [-0.05, 0) is 45.4 Å². The average molecular weight is 279 g/mol. The molecular formula is C14H21N3OS. The van der Waals surface area contributed by atoms with Crippen LogP contribution in [0.15, 0.2) is 24.5 Å². The minimum Gasteiger partial charge on any atom is -0.334 e. The van der Waals surface area contributed by atoms with Crippen LogP contribution in [0, 0.1) is 0 Å². The van der Waals surface area contributed by atoms with E-state index >= 15 is 0 Å². The highest BCUT2D eigenvalue weighted by molar-refractivity contribution is 7.84. The number of hydrogen-bond acceptors (Lipinski definition) is 2. The normalized spacial score (nSPS) is 15.6. The summed E-state index contributed by atoms with van der Waals surface area (Å²) in [6, 6.07) is 6.18. The fourth-order valence-electron chi connectivity index (χ4n) is 1.82. The van der Waals surface area contributed by atoms with E-state index in [1.54, 1.807) is 6.33 Å². The van der Waals surface area contributed by atoms with Gasteiger partial charge in [-0.2, -0.15) is 0 Å². The number of rotatable bonds is 3. The molecule has 1 aromatic carbocycles. The van der Waals surface area contributed by atoms with E-state index < -0.39 is 11.0 Å². The molecule has 2 aromatic rings. The standard InChI is InChI=1S/C14H21N3OS/c1-10(16-19(18)14(2,3)4)11-6-7-12-13(8-11)17(5)9-15-12/h6-10,16H,1-5H3/t10-,19-/m0/s1. The molecule has 2 atom stereocenters. The van der Waals surface area contributed by atoms with Crippen molar-refractivity contribution in [3.63, 3.8) is 0 Å². The number of hydrogen-bond donors (Lipinski definition) is 1. The molecule has 0 amide bonds. The maximum Gasteiger partial charge on any atom is 0.0975 e. The van der Waals surface area contributed by atoms with Gasteiger partial charge in [0.15, 0.2) is 0 Å². The fourth-order valence-corrected chi connectivity index (χ4v) is 2.63. The lowest BCUT2D eigenvalue weighted by Gasteiger charge is -2.22. The lowest BCUT2D eigenvalue weighted by molar-refractivity contribution is 0.616. The molecule has 5 heteroatoms. The molecule has 0 aliphatic rings. The summed E-state index contributed by atoms with van der Waals surface area (Å²) in [5, 5.41) is 0. The predicted molar refractivity (Wildman–Crippen MR) is 80.2 cm³/mol. The second-order valence-corrected chi connectivity index (χ2v) is 7.82. The van der Waals surface area contributed by atoms with Gasteiger partial charge in [0.1, 0.15) is 0 Å². The predicted octanol–water partition coefficient (Wildman–Crippen LogP) is 2.69. The van der Waals surface area contributed by atoms with Crippen molar-refractivity contribution >= 4 is 22.0 Å². The van der Waals surface area contributed by atoms with Gasteiger partial charge >= 0.3 is 0 Å². The molecule has 4 nitrogen and oxygen atoms in total. The van der Waals surface area contributed by atoms with Gasteiger partial charge in [0, 0.05) is 13.1 Å². The number of nitrogens with zero attached hydrogens (tertiary/aromatic N) is 2. The third-order valence-corrected chi connectivity index (χ3v) is 4.77. The number of aromatic nitrogens is 2. The summed E-state index contributed by atoms with van der Waals surface area (Å²) in [7, 11) is 0.907. The van der Waals surface area contributed by atoms with E-state index in [0.29, 0.717) is 0 Å². The van der Waals surface area contributed by atoms with Gasteiger partial charge in [0.25, 0.3) is 0 Å². The van der Waals surface area contributed by atoms with E-state index in [0.717, 1.165) is 16.6 Å². The van der Waals surface area contributed by atoms with Crippen LogP contribution in [0.3, 0.4) is 0 Å². The Morgan fingerprint density at radius 1 is 1.37 bits per heavy atom. The van der Waals surface area contributed by atoms with Gasteiger partial charge in [-0.15, -0.1) is 0 Å². The van der Waals surface area contributed by atoms with Crippen molar-refractivity contribution in [1.29, 1.82) is 0 Å². The Labute approximate surface area is 116 Å². The van der Waals surface area contributed by atoms with Gasteiger partial charge in [0.2, 0.25) is 0 Å². The van der Waals surface area contributed by atoms with E-state index in [1.165, 1.54) is 0 Å². The van der Waals surface area contributed by atoms with E-state index in [2.05, 4.69) is 15.8 Å². The Morgan fingerprint density at radius 2 is 2.05 bits per heavy atom. The first-order valence-electron chi connectivity index (χ1n) is 6.38. The molecular weight excluding hydrogens is 258 g/mol. The van der Waals surface area contributed by atoms with Crippen LogP contribution < -0.4 is 4.72 Å². The molecule has 0 saturated heterocycles. The van der Waals surface area contributed by atoms with Gasteiger partial charge in [-0.3, -0.25) is 0 Å². The molecule has 0 spiro atoms. The first-order valence-corrected chi connectivity index (χ1v) is 7.53. The van der Waals surface area contributed by atoms with E-state index in [9.17, 15) is 4.21 Å². The molecule has 0 saturated carbocycles. The average Bonchev–Trinajstić information content (AvgIpc) is 2.69. The van der Waals surface area contributed by atoms with Crippen LogP contribution in [0.2, 0.25) is 0 Å². The second-order valence-electron chi connectivity index (χ2n) is 5.82. The molecule has 0 aliphatic carbocycles. The molecule has 1 N–H and O–H groups in total. The number of nitrogens with one attached hydrogen (secondary N) is 1. The van der Waals surface area contributed by atoms with Gasteiger partial charge < -0.3 is 4.57 Å². The number of aryl methyl sites for hydroxylation is 1. The monoisotopic (exact) mass is 279 g/mol. The summed E-state index contributed by atoms with van der Waals surface area (Å²) in [6.45, 7) is 7.93. The maximum atomic E-state index is 12.1. The second kappa shape index (κ2) is 5.06. The summed E-state index contributed by atoms with van der Waals surface area (Å²) in [4.78, 5) is 4.30. The highest BCUT2D eigenvalue weighted by Crippen LogP contribution is 2.21. The van der Waals surface area contributed by atoms with Crippen molar-refractivity contribution in [1.82, 2.24) is 14.3 Å². The van der Waals surface area contributed by atoms with E-state index in [1.807, 2.05) is 51.4 Å². The first kappa shape index (κ1) is 14.2. The quantitative estimate of drug-likeness (QED) is 0.939. The summed E-state index contributed by atoms with van der Waals surface area (Å²) in [5.74, 6) is 0. The molecule has 0 bridgehead atoms. The highest BCUT2D eigenvalue weighted by Gasteiger charge is 2.21. The van der Waals surface area contributed by atoms with Crippen molar-refractivity contribution in [2.75, 3.05) is 0 Å². The van der Waals surface area contributed by atoms with Crippen LogP contribution >= 0.6 is 0 Å². The zero-order valence-corrected chi connectivity index (χ0v) is 12.9. The Hall–Kier alpha value is -1.20. The zero-order chi connectivity index (χ0) is 14.2. The third kappa shape index (κ3) is 3.04. The molecule has 0 unspecified atom stereocenters. The molecule has 2 rings (SSSR count). The van der Waals surface area contributed by atoms with Crippen molar-refractivity contribution in [3.8, 4) is 0 Å². The largest absolute Gasteiger partial charge is 0.334 e. The van der Waals surface area contributed by atoms with Crippen molar-refractivity contribution < 1.29 is 4.21 Å². The van der Waals surface area contributed by atoms with Crippen molar-refractivity contribution in [2.45, 2.75) is 38.5 Å². The molecule has 19 heavy (non-hydrogen) atoms. The van der Waals surface area contributed by atoms with Crippen LogP contribution in [0.4, 0.5) is 0 Å². The fraction of sp³-hybridized carbons (Fsp3) is 0.500. The van der Waals surface area contributed by atoms with Crippen LogP contribution in [0.5, 0.6) is 0 Å². The number of fused-ring (bicyclic) bond motifs is 1.